The van der Waals surface area contributed by atoms with Crippen molar-refractivity contribution < 1.29 is 32.2 Å². The molecule has 0 bridgehead atoms. The maximum atomic E-state index is 13.0. The number of ether oxygens (including phenoxy) is 2. The molecule has 0 saturated carbocycles. The van der Waals surface area contributed by atoms with Gasteiger partial charge in [-0.05, 0) is 48.9 Å². The van der Waals surface area contributed by atoms with Crippen molar-refractivity contribution in [2.75, 3.05) is 18.5 Å². The second-order valence-electron chi connectivity index (χ2n) is 5.60. The third kappa shape index (κ3) is 6.31. The summed E-state index contributed by atoms with van der Waals surface area (Å²) in [5, 5.41) is 2.41. The van der Waals surface area contributed by atoms with Crippen LogP contribution in [0.5, 0.6) is 5.75 Å². The smallest absolute Gasteiger partial charge is 0.418 e. The van der Waals surface area contributed by atoms with E-state index in [4.69, 9.17) is 32.7 Å². The molecular formula is C18H14Cl2F3NO4. The van der Waals surface area contributed by atoms with Gasteiger partial charge in [0, 0.05) is 10.0 Å². The van der Waals surface area contributed by atoms with Crippen molar-refractivity contribution in [3.63, 3.8) is 0 Å². The van der Waals surface area contributed by atoms with Crippen LogP contribution in [0.2, 0.25) is 10.0 Å². The molecule has 1 N–H and O–H groups in total. The van der Waals surface area contributed by atoms with Crippen molar-refractivity contribution in [2.24, 2.45) is 0 Å². The lowest BCUT2D eigenvalue weighted by molar-refractivity contribution is -0.149. The molecule has 2 rings (SSSR count). The van der Waals surface area contributed by atoms with Crippen molar-refractivity contribution in [1.29, 1.82) is 0 Å². The molecular weight excluding hydrogens is 422 g/mol. The molecule has 0 aliphatic rings. The summed E-state index contributed by atoms with van der Waals surface area (Å²) in [6.07, 6.45) is -4.71. The summed E-state index contributed by atoms with van der Waals surface area (Å²) in [7, 11) is 0. The molecule has 10 heteroatoms. The van der Waals surface area contributed by atoms with Gasteiger partial charge in [-0.2, -0.15) is 13.2 Å². The van der Waals surface area contributed by atoms with E-state index >= 15 is 0 Å². The fourth-order valence-electron chi connectivity index (χ4n) is 2.15. The summed E-state index contributed by atoms with van der Waals surface area (Å²) >= 11 is 11.4. The van der Waals surface area contributed by atoms with Crippen LogP contribution in [0.4, 0.5) is 18.9 Å². The van der Waals surface area contributed by atoms with Crippen LogP contribution in [0.15, 0.2) is 36.4 Å². The van der Waals surface area contributed by atoms with Crippen LogP contribution in [0.1, 0.15) is 11.1 Å². The van der Waals surface area contributed by atoms with E-state index < -0.39 is 42.5 Å². The lowest BCUT2D eigenvalue weighted by Gasteiger charge is -2.14. The second kappa shape index (κ2) is 9.16. The first-order chi connectivity index (χ1) is 13.1. The molecule has 0 spiro atoms. The molecule has 0 heterocycles. The van der Waals surface area contributed by atoms with Gasteiger partial charge >= 0.3 is 12.1 Å². The number of hydrogen-bond acceptors (Lipinski definition) is 4. The molecule has 1 amide bonds. The summed E-state index contributed by atoms with van der Waals surface area (Å²) < 4.78 is 48.9. The second-order valence-corrected chi connectivity index (χ2v) is 6.47. The summed E-state index contributed by atoms with van der Waals surface area (Å²) in [6, 6.07) is 7.67. The van der Waals surface area contributed by atoms with Crippen molar-refractivity contribution >= 4 is 40.8 Å². The Labute approximate surface area is 168 Å². The van der Waals surface area contributed by atoms with Gasteiger partial charge in [-0.25, -0.2) is 4.79 Å². The van der Waals surface area contributed by atoms with Crippen LogP contribution in [0.3, 0.4) is 0 Å². The largest absolute Gasteiger partial charge is 0.482 e. The van der Waals surface area contributed by atoms with Crippen LogP contribution in [-0.4, -0.2) is 25.1 Å². The zero-order chi connectivity index (χ0) is 20.9. The Kier molecular flexibility index (Phi) is 7.15. The highest BCUT2D eigenvalue weighted by Crippen LogP contribution is 2.36. The molecule has 0 unspecified atom stereocenters. The first-order valence-corrected chi connectivity index (χ1v) is 8.53. The molecule has 0 aliphatic carbocycles. The summed E-state index contributed by atoms with van der Waals surface area (Å²) in [5.74, 6) is -1.40. The minimum absolute atomic E-state index is 0.133. The van der Waals surface area contributed by atoms with Gasteiger partial charge in [0.1, 0.15) is 5.75 Å². The number of aryl methyl sites for hydroxylation is 1. The van der Waals surface area contributed by atoms with Gasteiger partial charge < -0.3 is 14.8 Å². The number of nitrogens with one attached hydrogen (secondary N) is 1. The maximum absolute atomic E-state index is 13.0. The van der Waals surface area contributed by atoms with Gasteiger partial charge in [-0.15, -0.1) is 0 Å². The predicted octanol–water partition coefficient (Wildman–Crippen LogP) is 4.88. The van der Waals surface area contributed by atoms with E-state index in [-0.39, 0.29) is 5.02 Å². The molecule has 2 aromatic carbocycles. The van der Waals surface area contributed by atoms with Crippen molar-refractivity contribution in [3.05, 3.63) is 57.6 Å². The van der Waals surface area contributed by atoms with Crippen LogP contribution in [0.25, 0.3) is 0 Å². The number of amides is 1. The highest BCUT2D eigenvalue weighted by molar-refractivity contribution is 6.31. The van der Waals surface area contributed by atoms with Gasteiger partial charge in [-0.3, -0.25) is 4.79 Å². The van der Waals surface area contributed by atoms with Crippen molar-refractivity contribution in [3.8, 4) is 5.75 Å². The minimum atomic E-state index is -4.71. The first kappa shape index (κ1) is 21.8. The standard InChI is InChI=1S/C18H14Cl2F3NO4/c1-10-6-11(19)3-5-15(10)27-9-17(26)28-8-16(25)24-14-4-2-12(20)7-13(14)18(21,22)23/h2-7H,8-9H2,1H3,(H,24,25). The molecule has 0 atom stereocenters. The number of carbonyl (C=O) groups excluding carboxylic acids is 2. The van der Waals surface area contributed by atoms with Gasteiger partial charge in [0.05, 0.1) is 11.3 Å². The van der Waals surface area contributed by atoms with Crippen LogP contribution < -0.4 is 10.1 Å². The topological polar surface area (TPSA) is 64.6 Å². The fraction of sp³-hybridized carbons (Fsp3) is 0.222. The Morgan fingerprint density at radius 2 is 1.68 bits per heavy atom. The van der Waals surface area contributed by atoms with Gasteiger partial charge in [0.25, 0.3) is 5.91 Å². The lowest BCUT2D eigenvalue weighted by Crippen LogP contribution is -2.25. The van der Waals surface area contributed by atoms with Crippen LogP contribution in [-0.2, 0) is 20.5 Å². The zero-order valence-corrected chi connectivity index (χ0v) is 15.9. The Morgan fingerprint density at radius 1 is 1.04 bits per heavy atom. The van der Waals surface area contributed by atoms with Gasteiger partial charge in [-0.1, -0.05) is 23.2 Å². The molecule has 0 saturated heterocycles. The first-order valence-electron chi connectivity index (χ1n) is 7.77. The number of esters is 1. The van der Waals surface area contributed by atoms with Crippen molar-refractivity contribution in [2.45, 2.75) is 13.1 Å². The third-order valence-electron chi connectivity index (χ3n) is 3.41. The average Bonchev–Trinajstić information content (AvgIpc) is 2.60. The fourth-order valence-corrected chi connectivity index (χ4v) is 2.54. The van der Waals surface area contributed by atoms with Gasteiger partial charge in [0.2, 0.25) is 0 Å². The Bertz CT molecular complexity index is 888. The maximum Gasteiger partial charge on any atom is 0.418 e. The van der Waals surface area contributed by atoms with E-state index in [0.29, 0.717) is 22.4 Å². The Morgan fingerprint density at radius 3 is 2.32 bits per heavy atom. The SMILES string of the molecule is Cc1cc(Cl)ccc1OCC(=O)OCC(=O)Nc1ccc(Cl)cc1C(F)(F)F. The number of halogens is 5. The number of rotatable bonds is 6. The number of benzene rings is 2. The Hall–Kier alpha value is -2.45. The normalized spacial score (nSPS) is 11.1. The van der Waals surface area contributed by atoms with Crippen molar-refractivity contribution in [1.82, 2.24) is 0 Å². The van der Waals surface area contributed by atoms with E-state index in [0.717, 1.165) is 6.07 Å². The molecule has 5 nitrogen and oxygen atoms in total. The van der Waals surface area contributed by atoms with E-state index in [9.17, 15) is 22.8 Å². The molecule has 0 aromatic heterocycles. The monoisotopic (exact) mass is 435 g/mol. The molecule has 0 aliphatic heterocycles. The average molecular weight is 436 g/mol. The van der Waals surface area contributed by atoms with E-state index in [1.165, 1.54) is 6.07 Å². The number of hydrogen-bond donors (Lipinski definition) is 1. The summed E-state index contributed by atoms with van der Waals surface area (Å²) in [4.78, 5) is 23.5. The quantitative estimate of drug-likeness (QED) is 0.656. The highest BCUT2D eigenvalue weighted by Gasteiger charge is 2.34. The van der Waals surface area contributed by atoms with Gasteiger partial charge in [0.15, 0.2) is 13.2 Å². The predicted molar refractivity (Wildman–Crippen MR) is 97.7 cm³/mol. The zero-order valence-electron chi connectivity index (χ0n) is 14.4. The van der Waals surface area contributed by atoms with Crippen LogP contribution >= 0.6 is 23.2 Å². The number of alkyl halides is 3. The molecule has 0 radical (unpaired) electrons. The molecule has 150 valence electrons. The van der Waals surface area contributed by atoms with Crippen LogP contribution in [0, 0.1) is 6.92 Å². The number of anilines is 1. The van der Waals surface area contributed by atoms with E-state index in [2.05, 4.69) is 0 Å². The van der Waals surface area contributed by atoms with E-state index in [1.807, 2.05) is 5.32 Å². The lowest BCUT2D eigenvalue weighted by atomic mass is 10.1. The molecule has 28 heavy (non-hydrogen) atoms. The van der Waals surface area contributed by atoms with E-state index in [1.54, 1.807) is 25.1 Å². The Balaban J connectivity index is 1.88. The summed E-state index contributed by atoms with van der Waals surface area (Å²) in [5.41, 5.74) is -0.910. The summed E-state index contributed by atoms with van der Waals surface area (Å²) in [6.45, 7) is 0.469. The minimum Gasteiger partial charge on any atom is -0.482 e. The third-order valence-corrected chi connectivity index (χ3v) is 3.88. The highest BCUT2D eigenvalue weighted by atomic mass is 35.5. The number of carbonyl (C=O) groups is 2. The molecule has 2 aromatic rings. The molecule has 0 fully saturated rings.